The number of carbonyl (C=O) groups is 2. The van der Waals surface area contributed by atoms with Crippen LogP contribution in [0.25, 0.3) is 0 Å². The molecule has 0 amide bonds. The summed E-state index contributed by atoms with van der Waals surface area (Å²) in [5.74, 6) is -1.15. The molecule has 3 nitrogen and oxygen atoms in total. The third kappa shape index (κ3) is 3.50. The highest BCUT2D eigenvalue weighted by Gasteiger charge is 2.18. The van der Waals surface area contributed by atoms with Gasteiger partial charge in [0.05, 0.1) is 6.61 Å². The Hall–Kier alpha value is -1.64. The minimum absolute atomic E-state index is 0.0399. The molecule has 1 aromatic carbocycles. The summed E-state index contributed by atoms with van der Waals surface area (Å²) >= 11 is 0. The van der Waals surface area contributed by atoms with Crippen molar-refractivity contribution in [3.8, 4) is 0 Å². The van der Waals surface area contributed by atoms with E-state index in [1.807, 2.05) is 37.3 Å². The van der Waals surface area contributed by atoms with Crippen molar-refractivity contribution in [2.75, 3.05) is 6.61 Å². The van der Waals surface area contributed by atoms with Gasteiger partial charge in [-0.25, -0.2) is 4.79 Å². The molecule has 1 aromatic rings. The van der Waals surface area contributed by atoms with Gasteiger partial charge >= 0.3 is 5.97 Å². The summed E-state index contributed by atoms with van der Waals surface area (Å²) in [6.07, 6.45) is 0.197. The largest absolute Gasteiger partial charge is 0.460 e. The second-order valence-electron chi connectivity index (χ2n) is 3.66. The van der Waals surface area contributed by atoms with Crippen LogP contribution in [0.15, 0.2) is 30.3 Å². The Morgan fingerprint density at radius 2 is 1.88 bits per heavy atom. The zero-order chi connectivity index (χ0) is 12.0. The quantitative estimate of drug-likeness (QED) is 0.565. The van der Waals surface area contributed by atoms with Gasteiger partial charge in [0, 0.05) is 6.42 Å². The molecule has 16 heavy (non-hydrogen) atoms. The Labute approximate surface area is 95.4 Å². The Balaban J connectivity index is 2.55. The van der Waals surface area contributed by atoms with E-state index in [2.05, 4.69) is 4.74 Å². The van der Waals surface area contributed by atoms with E-state index in [4.69, 9.17) is 0 Å². The first-order valence-electron chi connectivity index (χ1n) is 5.40. The fourth-order valence-corrected chi connectivity index (χ4v) is 1.47. The van der Waals surface area contributed by atoms with Gasteiger partial charge in [0.1, 0.15) is 0 Å². The van der Waals surface area contributed by atoms with Crippen LogP contribution in [0, 0.1) is 0 Å². The topological polar surface area (TPSA) is 43.4 Å². The predicted molar refractivity (Wildman–Crippen MR) is 61.1 cm³/mol. The Kier molecular flexibility index (Phi) is 4.70. The SMILES string of the molecule is CCOC(=O)C(=O)C[C@@H](C)c1ccccc1. The van der Waals surface area contributed by atoms with Crippen molar-refractivity contribution in [2.24, 2.45) is 0 Å². The van der Waals surface area contributed by atoms with Gasteiger partial charge in [-0.3, -0.25) is 4.79 Å². The first kappa shape index (κ1) is 12.4. The maximum Gasteiger partial charge on any atom is 0.374 e. The third-order valence-corrected chi connectivity index (χ3v) is 2.36. The van der Waals surface area contributed by atoms with E-state index in [1.165, 1.54) is 0 Å². The van der Waals surface area contributed by atoms with Crippen LogP contribution >= 0.6 is 0 Å². The van der Waals surface area contributed by atoms with Crippen molar-refractivity contribution < 1.29 is 14.3 Å². The number of rotatable bonds is 5. The molecule has 0 bridgehead atoms. The third-order valence-electron chi connectivity index (χ3n) is 2.36. The van der Waals surface area contributed by atoms with Gasteiger partial charge in [0.25, 0.3) is 0 Å². The summed E-state index contributed by atoms with van der Waals surface area (Å²) in [6, 6.07) is 9.65. The number of esters is 1. The maximum atomic E-state index is 11.4. The molecule has 0 N–H and O–H groups in total. The number of ether oxygens (including phenoxy) is 1. The van der Waals surface area contributed by atoms with Crippen molar-refractivity contribution in [3.05, 3.63) is 35.9 Å². The Morgan fingerprint density at radius 1 is 1.25 bits per heavy atom. The molecule has 0 fully saturated rings. The first-order chi connectivity index (χ1) is 7.65. The monoisotopic (exact) mass is 220 g/mol. The van der Waals surface area contributed by atoms with Gasteiger partial charge in [-0.1, -0.05) is 37.3 Å². The number of carbonyl (C=O) groups excluding carboxylic acids is 2. The summed E-state index contributed by atoms with van der Waals surface area (Å²) in [6.45, 7) is 3.85. The zero-order valence-corrected chi connectivity index (χ0v) is 9.60. The van der Waals surface area contributed by atoms with E-state index in [-0.39, 0.29) is 18.9 Å². The molecule has 0 spiro atoms. The summed E-state index contributed by atoms with van der Waals surface area (Å²) in [7, 11) is 0. The molecule has 0 unspecified atom stereocenters. The van der Waals surface area contributed by atoms with Crippen LogP contribution in [-0.4, -0.2) is 18.4 Å². The van der Waals surface area contributed by atoms with E-state index in [1.54, 1.807) is 6.92 Å². The fraction of sp³-hybridized carbons (Fsp3) is 0.385. The zero-order valence-electron chi connectivity index (χ0n) is 9.60. The lowest BCUT2D eigenvalue weighted by Gasteiger charge is -2.09. The number of benzene rings is 1. The van der Waals surface area contributed by atoms with Gasteiger partial charge in [-0.2, -0.15) is 0 Å². The Bertz CT molecular complexity index is 357. The van der Waals surface area contributed by atoms with Crippen molar-refractivity contribution in [3.63, 3.8) is 0 Å². The van der Waals surface area contributed by atoms with E-state index in [0.29, 0.717) is 0 Å². The predicted octanol–water partition coefficient (Wildman–Crippen LogP) is 2.31. The first-order valence-corrected chi connectivity index (χ1v) is 5.40. The Morgan fingerprint density at radius 3 is 2.44 bits per heavy atom. The van der Waals surface area contributed by atoms with Gasteiger partial charge in [-0.15, -0.1) is 0 Å². The summed E-state index contributed by atoms with van der Waals surface area (Å²) < 4.78 is 4.65. The van der Waals surface area contributed by atoms with Crippen molar-refractivity contribution in [1.29, 1.82) is 0 Å². The van der Waals surface area contributed by atoms with Crippen LogP contribution in [-0.2, 0) is 14.3 Å². The highest BCUT2D eigenvalue weighted by atomic mass is 16.5. The lowest BCUT2D eigenvalue weighted by Crippen LogP contribution is -2.19. The number of ketones is 1. The molecule has 0 heterocycles. The highest BCUT2D eigenvalue weighted by Crippen LogP contribution is 2.18. The molecule has 0 aliphatic heterocycles. The molecule has 1 atom stereocenters. The van der Waals surface area contributed by atoms with E-state index in [0.717, 1.165) is 5.56 Å². The smallest absolute Gasteiger partial charge is 0.374 e. The molecule has 3 heteroatoms. The second-order valence-corrected chi connectivity index (χ2v) is 3.66. The van der Waals surface area contributed by atoms with Crippen molar-refractivity contribution >= 4 is 11.8 Å². The van der Waals surface area contributed by atoms with Crippen LogP contribution in [0.2, 0.25) is 0 Å². The average Bonchev–Trinajstić information content (AvgIpc) is 2.30. The van der Waals surface area contributed by atoms with Gasteiger partial charge in [0.2, 0.25) is 5.78 Å². The molecule has 0 radical (unpaired) electrons. The molecule has 0 saturated carbocycles. The van der Waals surface area contributed by atoms with E-state index in [9.17, 15) is 9.59 Å². The van der Waals surface area contributed by atoms with E-state index < -0.39 is 11.8 Å². The molecule has 1 rings (SSSR count). The number of hydrogen-bond acceptors (Lipinski definition) is 3. The van der Waals surface area contributed by atoms with Crippen LogP contribution in [0.3, 0.4) is 0 Å². The van der Waals surface area contributed by atoms with Gasteiger partial charge in [0.15, 0.2) is 0 Å². The van der Waals surface area contributed by atoms with Gasteiger partial charge in [-0.05, 0) is 18.4 Å². The second kappa shape index (κ2) is 6.05. The molecule has 0 aliphatic rings. The minimum atomic E-state index is -0.731. The van der Waals surface area contributed by atoms with Crippen LogP contribution < -0.4 is 0 Å². The lowest BCUT2D eigenvalue weighted by atomic mass is 9.96. The van der Waals surface area contributed by atoms with Crippen molar-refractivity contribution in [1.82, 2.24) is 0 Å². The summed E-state index contributed by atoms with van der Waals surface area (Å²) in [5, 5.41) is 0. The number of hydrogen-bond donors (Lipinski definition) is 0. The molecule has 0 aliphatic carbocycles. The molecular weight excluding hydrogens is 204 g/mol. The molecule has 86 valence electrons. The highest BCUT2D eigenvalue weighted by molar-refractivity contribution is 6.33. The number of Topliss-reactive ketones (excluding diaryl/α,β-unsaturated/α-hetero) is 1. The van der Waals surface area contributed by atoms with E-state index >= 15 is 0 Å². The van der Waals surface area contributed by atoms with Crippen LogP contribution in [0.4, 0.5) is 0 Å². The van der Waals surface area contributed by atoms with Crippen molar-refractivity contribution in [2.45, 2.75) is 26.2 Å². The normalized spacial score (nSPS) is 11.9. The lowest BCUT2D eigenvalue weighted by molar-refractivity contribution is -0.153. The standard InChI is InChI=1S/C13H16O3/c1-3-16-13(15)12(14)9-10(2)11-7-5-4-6-8-11/h4-8,10H,3,9H2,1-2H3/t10-/m1/s1. The average molecular weight is 220 g/mol. The fourth-order valence-electron chi connectivity index (χ4n) is 1.47. The maximum absolute atomic E-state index is 11.4. The van der Waals surface area contributed by atoms with Crippen LogP contribution in [0.5, 0.6) is 0 Å². The van der Waals surface area contributed by atoms with Gasteiger partial charge < -0.3 is 4.74 Å². The van der Waals surface area contributed by atoms with Crippen LogP contribution in [0.1, 0.15) is 31.7 Å². The molecule has 0 saturated heterocycles. The molecule has 0 aromatic heterocycles. The molecular formula is C13H16O3. The summed E-state index contributed by atoms with van der Waals surface area (Å²) in [5.41, 5.74) is 1.06. The summed E-state index contributed by atoms with van der Waals surface area (Å²) in [4.78, 5) is 22.6. The minimum Gasteiger partial charge on any atom is -0.460 e.